The van der Waals surface area contributed by atoms with Gasteiger partial charge in [0.05, 0.1) is 5.56 Å². The van der Waals surface area contributed by atoms with Crippen LogP contribution in [0.3, 0.4) is 0 Å². The number of para-hydroxylation sites is 1. The van der Waals surface area contributed by atoms with Gasteiger partial charge in [-0.25, -0.2) is 4.79 Å². The van der Waals surface area contributed by atoms with Crippen LogP contribution in [0.4, 0.5) is 5.69 Å². The molecule has 0 N–H and O–H groups in total. The number of esters is 1. The molecule has 134 valence electrons. The molecule has 6 nitrogen and oxygen atoms in total. The van der Waals surface area contributed by atoms with Crippen LogP contribution in [0.25, 0.3) is 0 Å². The van der Waals surface area contributed by atoms with Crippen LogP contribution in [0.1, 0.15) is 20.7 Å². The zero-order chi connectivity index (χ0) is 18.4. The van der Waals surface area contributed by atoms with E-state index in [1.165, 1.54) is 24.3 Å². The number of piperazine rings is 1. The first kappa shape index (κ1) is 17.7. The number of carbonyl (C=O) groups excluding carboxylic acids is 3. The van der Waals surface area contributed by atoms with Crippen molar-refractivity contribution in [2.75, 3.05) is 37.7 Å². The summed E-state index contributed by atoms with van der Waals surface area (Å²) in [7, 11) is 0. The standard InChI is InChI=1S/C20H20N2O4/c23-14-16-6-8-17(9-7-16)20(25)26-15-19(24)22-12-10-21(11-13-22)18-4-2-1-3-5-18/h1-9,14H,10-13,15H2. The molecule has 0 bridgehead atoms. The van der Waals surface area contributed by atoms with Crippen molar-refractivity contribution in [2.45, 2.75) is 0 Å². The fourth-order valence-electron chi connectivity index (χ4n) is 2.85. The lowest BCUT2D eigenvalue weighted by molar-refractivity contribution is -0.134. The predicted molar refractivity (Wildman–Crippen MR) is 97.3 cm³/mol. The van der Waals surface area contributed by atoms with E-state index in [4.69, 9.17) is 4.74 Å². The van der Waals surface area contributed by atoms with Crippen LogP contribution in [-0.2, 0) is 9.53 Å². The van der Waals surface area contributed by atoms with E-state index in [9.17, 15) is 14.4 Å². The van der Waals surface area contributed by atoms with Crippen molar-refractivity contribution < 1.29 is 19.1 Å². The van der Waals surface area contributed by atoms with Crippen molar-refractivity contribution in [2.24, 2.45) is 0 Å². The molecule has 0 unspecified atom stereocenters. The summed E-state index contributed by atoms with van der Waals surface area (Å²) < 4.78 is 5.10. The number of nitrogens with zero attached hydrogens (tertiary/aromatic N) is 2. The van der Waals surface area contributed by atoms with Gasteiger partial charge in [-0.05, 0) is 24.3 Å². The highest BCUT2D eigenvalue weighted by atomic mass is 16.5. The van der Waals surface area contributed by atoms with Crippen LogP contribution in [0.5, 0.6) is 0 Å². The summed E-state index contributed by atoms with van der Waals surface area (Å²) >= 11 is 0. The number of amides is 1. The zero-order valence-corrected chi connectivity index (χ0v) is 14.3. The van der Waals surface area contributed by atoms with Crippen LogP contribution >= 0.6 is 0 Å². The molecule has 0 saturated carbocycles. The summed E-state index contributed by atoms with van der Waals surface area (Å²) in [4.78, 5) is 38.8. The molecule has 0 atom stereocenters. The minimum absolute atomic E-state index is 0.199. The minimum Gasteiger partial charge on any atom is -0.452 e. The Bertz CT molecular complexity index is 766. The van der Waals surface area contributed by atoms with E-state index in [0.717, 1.165) is 18.8 Å². The Kier molecular flexibility index (Phi) is 5.63. The molecule has 1 fully saturated rings. The van der Waals surface area contributed by atoms with Gasteiger partial charge in [0.15, 0.2) is 6.61 Å². The number of hydrogen-bond donors (Lipinski definition) is 0. The molecule has 1 aliphatic heterocycles. The normalized spacial score (nSPS) is 14.0. The van der Waals surface area contributed by atoms with E-state index in [-0.39, 0.29) is 12.5 Å². The minimum atomic E-state index is -0.571. The number of aldehydes is 1. The molecule has 1 amide bonds. The lowest BCUT2D eigenvalue weighted by Gasteiger charge is -2.36. The van der Waals surface area contributed by atoms with Crippen LogP contribution in [0.2, 0.25) is 0 Å². The molecule has 0 radical (unpaired) electrons. The van der Waals surface area contributed by atoms with Crippen LogP contribution in [0, 0.1) is 0 Å². The predicted octanol–water partition coefficient (Wildman–Crippen LogP) is 2.00. The largest absolute Gasteiger partial charge is 0.452 e. The first-order valence-electron chi connectivity index (χ1n) is 8.47. The fourth-order valence-corrected chi connectivity index (χ4v) is 2.85. The van der Waals surface area contributed by atoms with E-state index in [2.05, 4.69) is 17.0 Å². The summed E-state index contributed by atoms with van der Waals surface area (Å²) in [5.41, 5.74) is 1.94. The summed E-state index contributed by atoms with van der Waals surface area (Å²) in [6.45, 7) is 2.41. The summed E-state index contributed by atoms with van der Waals surface area (Å²) in [6, 6.07) is 16.2. The fraction of sp³-hybridized carbons (Fsp3) is 0.250. The third-order valence-electron chi connectivity index (χ3n) is 4.36. The molecule has 1 heterocycles. The van der Waals surface area contributed by atoms with Crippen LogP contribution in [-0.4, -0.2) is 55.8 Å². The molecular weight excluding hydrogens is 332 g/mol. The second-order valence-corrected chi connectivity index (χ2v) is 6.02. The zero-order valence-electron chi connectivity index (χ0n) is 14.3. The molecule has 2 aromatic rings. The number of anilines is 1. The van der Waals surface area contributed by atoms with Gasteiger partial charge in [-0.15, -0.1) is 0 Å². The maximum absolute atomic E-state index is 12.3. The number of ether oxygens (including phenoxy) is 1. The number of benzene rings is 2. The van der Waals surface area contributed by atoms with Crippen molar-refractivity contribution in [1.82, 2.24) is 4.90 Å². The smallest absolute Gasteiger partial charge is 0.338 e. The van der Waals surface area contributed by atoms with Crippen molar-refractivity contribution in [3.05, 3.63) is 65.7 Å². The lowest BCUT2D eigenvalue weighted by atomic mass is 10.1. The average Bonchev–Trinajstić information content (AvgIpc) is 2.72. The van der Waals surface area contributed by atoms with Gasteiger partial charge in [-0.1, -0.05) is 30.3 Å². The van der Waals surface area contributed by atoms with E-state index in [1.54, 1.807) is 4.90 Å². The number of carbonyl (C=O) groups is 3. The monoisotopic (exact) mass is 352 g/mol. The van der Waals surface area contributed by atoms with Gasteiger partial charge in [-0.3, -0.25) is 9.59 Å². The van der Waals surface area contributed by atoms with E-state index in [1.807, 2.05) is 18.2 Å². The first-order chi connectivity index (χ1) is 12.7. The van der Waals surface area contributed by atoms with Crippen molar-refractivity contribution in [3.63, 3.8) is 0 Å². The van der Waals surface area contributed by atoms with Gasteiger partial charge >= 0.3 is 5.97 Å². The Labute approximate surface area is 152 Å². The Balaban J connectivity index is 1.46. The third kappa shape index (κ3) is 4.27. The van der Waals surface area contributed by atoms with Crippen molar-refractivity contribution in [1.29, 1.82) is 0 Å². The Morgan fingerprint density at radius 3 is 2.19 bits per heavy atom. The highest BCUT2D eigenvalue weighted by Gasteiger charge is 2.22. The highest BCUT2D eigenvalue weighted by molar-refractivity contribution is 5.92. The lowest BCUT2D eigenvalue weighted by Crippen LogP contribution is -2.49. The Morgan fingerprint density at radius 1 is 0.923 bits per heavy atom. The van der Waals surface area contributed by atoms with Gasteiger partial charge in [0.25, 0.3) is 5.91 Å². The van der Waals surface area contributed by atoms with E-state index in [0.29, 0.717) is 30.5 Å². The molecule has 2 aromatic carbocycles. The molecule has 6 heteroatoms. The van der Waals surface area contributed by atoms with Gasteiger partial charge in [0.2, 0.25) is 0 Å². The summed E-state index contributed by atoms with van der Waals surface area (Å²) in [5.74, 6) is -0.769. The van der Waals surface area contributed by atoms with E-state index >= 15 is 0 Å². The average molecular weight is 352 g/mol. The summed E-state index contributed by atoms with van der Waals surface area (Å²) in [5, 5.41) is 0. The van der Waals surface area contributed by atoms with Crippen LogP contribution < -0.4 is 4.90 Å². The van der Waals surface area contributed by atoms with Gasteiger partial charge in [0, 0.05) is 37.4 Å². The van der Waals surface area contributed by atoms with Crippen molar-refractivity contribution >= 4 is 23.9 Å². The molecule has 1 saturated heterocycles. The number of hydrogen-bond acceptors (Lipinski definition) is 5. The third-order valence-corrected chi connectivity index (χ3v) is 4.36. The van der Waals surface area contributed by atoms with Gasteiger partial charge in [0.1, 0.15) is 6.29 Å². The highest BCUT2D eigenvalue weighted by Crippen LogP contribution is 2.15. The second kappa shape index (κ2) is 8.29. The maximum Gasteiger partial charge on any atom is 0.338 e. The Morgan fingerprint density at radius 2 is 1.58 bits per heavy atom. The molecule has 0 aliphatic carbocycles. The topological polar surface area (TPSA) is 66.9 Å². The molecule has 0 spiro atoms. The molecule has 26 heavy (non-hydrogen) atoms. The second-order valence-electron chi connectivity index (χ2n) is 6.02. The molecular formula is C20H20N2O4. The van der Waals surface area contributed by atoms with Gasteiger partial charge in [-0.2, -0.15) is 0 Å². The molecule has 1 aliphatic rings. The Hall–Kier alpha value is -3.15. The summed E-state index contributed by atoms with van der Waals surface area (Å²) in [6.07, 6.45) is 0.702. The van der Waals surface area contributed by atoms with Crippen molar-refractivity contribution in [3.8, 4) is 0 Å². The van der Waals surface area contributed by atoms with Crippen LogP contribution in [0.15, 0.2) is 54.6 Å². The maximum atomic E-state index is 12.3. The molecule has 3 rings (SSSR count). The van der Waals surface area contributed by atoms with Gasteiger partial charge < -0.3 is 14.5 Å². The molecule has 0 aromatic heterocycles. The quantitative estimate of drug-likeness (QED) is 0.608. The first-order valence-corrected chi connectivity index (χ1v) is 8.47. The van der Waals surface area contributed by atoms with E-state index < -0.39 is 5.97 Å². The number of rotatable bonds is 5. The SMILES string of the molecule is O=Cc1ccc(C(=O)OCC(=O)N2CCN(c3ccccc3)CC2)cc1.